The molecule has 1 saturated heterocycles. The summed E-state index contributed by atoms with van der Waals surface area (Å²) in [4.78, 5) is 7.30. The normalized spacial score (nSPS) is 14.9. The van der Waals surface area contributed by atoms with Gasteiger partial charge in [0.25, 0.3) is 0 Å². The second-order valence-electron chi connectivity index (χ2n) is 9.18. The number of nitrogens with zero attached hydrogens (tertiary/aromatic N) is 3. The Bertz CT molecular complexity index is 1260. The van der Waals surface area contributed by atoms with E-state index < -0.39 is 0 Å². The molecule has 35 heavy (non-hydrogen) atoms. The molecule has 1 fully saturated rings. The van der Waals surface area contributed by atoms with Crippen molar-refractivity contribution in [1.82, 2.24) is 14.5 Å². The number of fused-ring (bicyclic) bond motifs is 1. The van der Waals surface area contributed by atoms with E-state index in [0.29, 0.717) is 12.6 Å². The first-order chi connectivity index (χ1) is 17.1. The van der Waals surface area contributed by atoms with Crippen LogP contribution in [0.2, 0.25) is 0 Å². The highest BCUT2D eigenvalue weighted by atomic mass is 19.1. The lowest BCUT2D eigenvalue weighted by Crippen LogP contribution is -2.40. The van der Waals surface area contributed by atoms with E-state index in [1.165, 1.54) is 17.7 Å². The Hall–Kier alpha value is -3.58. The van der Waals surface area contributed by atoms with Crippen molar-refractivity contribution in [2.24, 2.45) is 0 Å². The molecule has 1 aliphatic rings. The molecule has 5 rings (SSSR count). The van der Waals surface area contributed by atoms with Gasteiger partial charge in [-0.3, -0.25) is 0 Å². The number of imidazole rings is 1. The van der Waals surface area contributed by atoms with Gasteiger partial charge in [-0.2, -0.15) is 0 Å². The molecular formula is C28H31FN4O2. The summed E-state index contributed by atoms with van der Waals surface area (Å²) >= 11 is 0. The molecule has 1 aromatic heterocycles. The first-order valence-electron chi connectivity index (χ1n) is 12.1. The quantitative estimate of drug-likeness (QED) is 0.374. The number of hydrogen-bond donors (Lipinski definition) is 2. The molecule has 0 spiro atoms. The van der Waals surface area contributed by atoms with E-state index in [9.17, 15) is 9.50 Å². The van der Waals surface area contributed by atoms with Crippen LogP contribution in [0.1, 0.15) is 24.0 Å². The molecule has 182 valence electrons. The zero-order chi connectivity index (χ0) is 24.2. The van der Waals surface area contributed by atoms with Crippen molar-refractivity contribution >= 4 is 17.0 Å². The van der Waals surface area contributed by atoms with Crippen molar-refractivity contribution < 1.29 is 14.2 Å². The number of nitrogens with one attached hydrogen (secondary N) is 1. The second kappa shape index (κ2) is 10.4. The van der Waals surface area contributed by atoms with E-state index in [1.807, 2.05) is 18.2 Å². The first-order valence-corrected chi connectivity index (χ1v) is 12.1. The molecule has 6 nitrogen and oxygen atoms in total. The van der Waals surface area contributed by atoms with E-state index in [4.69, 9.17) is 9.72 Å². The molecule has 0 atom stereocenters. The van der Waals surface area contributed by atoms with Crippen molar-refractivity contribution in [3.8, 4) is 11.5 Å². The van der Waals surface area contributed by atoms with E-state index in [0.717, 1.165) is 67.2 Å². The van der Waals surface area contributed by atoms with Gasteiger partial charge in [-0.05, 0) is 66.8 Å². The van der Waals surface area contributed by atoms with Crippen molar-refractivity contribution in [3.63, 3.8) is 0 Å². The average molecular weight is 475 g/mol. The molecule has 0 unspecified atom stereocenters. The predicted molar refractivity (Wildman–Crippen MR) is 137 cm³/mol. The van der Waals surface area contributed by atoms with Crippen LogP contribution in [-0.4, -0.2) is 52.3 Å². The lowest BCUT2D eigenvalue weighted by atomic mass is 10.0. The lowest BCUT2D eigenvalue weighted by molar-refractivity contribution is 0.221. The zero-order valence-electron chi connectivity index (χ0n) is 20.0. The predicted octanol–water partition coefficient (Wildman–Crippen LogP) is 5.06. The van der Waals surface area contributed by atoms with Crippen LogP contribution < -0.4 is 10.1 Å². The summed E-state index contributed by atoms with van der Waals surface area (Å²) in [5.74, 6) is 1.62. The second-order valence-corrected chi connectivity index (χ2v) is 9.18. The maximum Gasteiger partial charge on any atom is 0.204 e. The molecule has 0 saturated carbocycles. The third-order valence-electron chi connectivity index (χ3n) is 6.78. The van der Waals surface area contributed by atoms with Crippen molar-refractivity contribution in [2.45, 2.75) is 31.8 Å². The number of ether oxygens (including phenoxy) is 1. The third kappa shape index (κ3) is 5.57. The number of aromatic nitrogens is 2. The van der Waals surface area contributed by atoms with Crippen LogP contribution in [0.5, 0.6) is 11.5 Å². The van der Waals surface area contributed by atoms with Gasteiger partial charge < -0.3 is 24.6 Å². The number of phenols is 1. The van der Waals surface area contributed by atoms with E-state index in [2.05, 4.69) is 26.9 Å². The highest BCUT2D eigenvalue weighted by molar-refractivity contribution is 5.80. The van der Waals surface area contributed by atoms with Crippen molar-refractivity contribution in [1.29, 1.82) is 0 Å². The van der Waals surface area contributed by atoms with Crippen LogP contribution in [0.15, 0.2) is 66.7 Å². The summed E-state index contributed by atoms with van der Waals surface area (Å²) in [6.45, 7) is 3.69. The number of hydrogen-bond acceptors (Lipinski definition) is 5. The minimum atomic E-state index is -0.244. The van der Waals surface area contributed by atoms with E-state index >= 15 is 0 Å². The number of methoxy groups -OCH3 is 1. The molecule has 2 N–H and O–H groups in total. The molecule has 0 aliphatic carbocycles. The Morgan fingerprint density at radius 2 is 1.71 bits per heavy atom. The number of halogens is 1. The summed E-state index contributed by atoms with van der Waals surface area (Å²) in [5, 5.41) is 13.6. The Morgan fingerprint density at radius 3 is 2.43 bits per heavy atom. The van der Waals surface area contributed by atoms with E-state index in [1.54, 1.807) is 31.4 Å². The average Bonchev–Trinajstić information content (AvgIpc) is 3.20. The zero-order valence-corrected chi connectivity index (χ0v) is 20.0. The summed E-state index contributed by atoms with van der Waals surface area (Å²) in [6.07, 6.45) is 3.10. The standard InChI is InChI=1S/C28H31FN4O2/c1-35-25-9-4-20(5-10-25)12-15-32-16-13-23(14-17-32)30-28-31-26-18-24(34)8-11-27(26)33(28)19-21-2-6-22(29)7-3-21/h2-11,18,23,34H,12-17,19H2,1H3,(H,30,31). The van der Waals surface area contributed by atoms with Gasteiger partial charge in [0.05, 0.1) is 24.7 Å². The van der Waals surface area contributed by atoms with Crippen molar-refractivity contribution in [2.75, 3.05) is 32.1 Å². The molecular weight excluding hydrogens is 443 g/mol. The maximum absolute atomic E-state index is 13.4. The number of anilines is 1. The minimum absolute atomic E-state index is 0.195. The summed E-state index contributed by atoms with van der Waals surface area (Å²) in [5.41, 5.74) is 4.00. The van der Waals surface area contributed by atoms with Gasteiger partial charge in [0, 0.05) is 31.7 Å². The van der Waals surface area contributed by atoms with Gasteiger partial charge in [0.1, 0.15) is 17.3 Å². The Labute approximate surface area is 205 Å². The van der Waals surface area contributed by atoms with Gasteiger partial charge in [-0.1, -0.05) is 24.3 Å². The number of benzene rings is 3. The molecule has 0 radical (unpaired) electrons. The number of likely N-dealkylation sites (tertiary alicyclic amines) is 1. The molecule has 0 amide bonds. The molecule has 2 heterocycles. The molecule has 1 aliphatic heterocycles. The largest absolute Gasteiger partial charge is 0.508 e. The monoisotopic (exact) mass is 474 g/mol. The lowest BCUT2D eigenvalue weighted by Gasteiger charge is -2.32. The highest BCUT2D eigenvalue weighted by Crippen LogP contribution is 2.26. The van der Waals surface area contributed by atoms with E-state index in [-0.39, 0.29) is 11.6 Å². The summed E-state index contributed by atoms with van der Waals surface area (Å²) in [6, 6.07) is 20.4. The van der Waals surface area contributed by atoms with Crippen LogP contribution in [-0.2, 0) is 13.0 Å². The molecule has 7 heteroatoms. The number of aromatic hydroxyl groups is 1. The Kier molecular flexibility index (Phi) is 6.86. The molecule has 3 aromatic carbocycles. The first kappa shape index (κ1) is 23.2. The SMILES string of the molecule is COc1ccc(CCN2CCC(Nc3nc4cc(O)ccc4n3Cc3ccc(F)cc3)CC2)cc1. The van der Waals surface area contributed by atoms with Crippen LogP contribution in [0, 0.1) is 5.82 Å². The molecule has 4 aromatic rings. The van der Waals surface area contributed by atoms with Crippen LogP contribution in [0.25, 0.3) is 11.0 Å². The topological polar surface area (TPSA) is 62.6 Å². The Morgan fingerprint density at radius 1 is 1.00 bits per heavy atom. The maximum atomic E-state index is 13.4. The van der Waals surface area contributed by atoms with Crippen LogP contribution in [0.4, 0.5) is 10.3 Å². The van der Waals surface area contributed by atoms with Crippen LogP contribution >= 0.6 is 0 Å². The van der Waals surface area contributed by atoms with Gasteiger partial charge in [0.15, 0.2) is 0 Å². The van der Waals surface area contributed by atoms with Gasteiger partial charge in [0.2, 0.25) is 5.95 Å². The van der Waals surface area contributed by atoms with Gasteiger partial charge in [-0.15, -0.1) is 0 Å². The smallest absolute Gasteiger partial charge is 0.204 e. The van der Waals surface area contributed by atoms with Gasteiger partial charge in [-0.25, -0.2) is 9.37 Å². The number of piperidine rings is 1. The fourth-order valence-corrected chi connectivity index (χ4v) is 4.72. The summed E-state index contributed by atoms with van der Waals surface area (Å²) < 4.78 is 20.7. The van der Waals surface area contributed by atoms with Crippen LogP contribution in [0.3, 0.4) is 0 Å². The fourth-order valence-electron chi connectivity index (χ4n) is 4.72. The van der Waals surface area contributed by atoms with Crippen molar-refractivity contribution in [3.05, 3.63) is 83.7 Å². The third-order valence-corrected chi connectivity index (χ3v) is 6.78. The highest BCUT2D eigenvalue weighted by Gasteiger charge is 2.21. The fraction of sp³-hybridized carbons (Fsp3) is 0.321. The van der Waals surface area contributed by atoms with Gasteiger partial charge >= 0.3 is 0 Å². The summed E-state index contributed by atoms with van der Waals surface area (Å²) in [7, 11) is 1.69. The minimum Gasteiger partial charge on any atom is -0.508 e. The Balaban J connectivity index is 1.23. The number of rotatable bonds is 8. The number of phenolic OH excluding ortho intramolecular Hbond substituents is 1. The molecule has 0 bridgehead atoms.